The lowest BCUT2D eigenvalue weighted by Gasteiger charge is -2.36. The third kappa shape index (κ3) is 3.42. The minimum Gasteiger partial charge on any atom is -0.468 e. The van der Waals surface area contributed by atoms with Crippen LogP contribution in [0.3, 0.4) is 0 Å². The highest BCUT2D eigenvalue weighted by Crippen LogP contribution is 2.30. The van der Waals surface area contributed by atoms with Crippen molar-refractivity contribution in [1.29, 1.82) is 0 Å². The van der Waals surface area contributed by atoms with E-state index in [1.165, 1.54) is 23.8 Å². The Morgan fingerprint density at radius 2 is 2.13 bits per heavy atom. The van der Waals surface area contributed by atoms with Gasteiger partial charge < -0.3 is 19.3 Å². The van der Waals surface area contributed by atoms with Crippen molar-refractivity contribution in [3.8, 4) is 0 Å². The van der Waals surface area contributed by atoms with Gasteiger partial charge in [-0.15, -0.1) is 0 Å². The number of hydrogen-bond donors (Lipinski definition) is 1. The van der Waals surface area contributed by atoms with E-state index < -0.39 is 29.4 Å². The molecule has 0 aromatic rings. The van der Waals surface area contributed by atoms with E-state index in [-0.39, 0.29) is 5.97 Å². The van der Waals surface area contributed by atoms with Crippen LogP contribution in [0, 0.1) is 0 Å². The van der Waals surface area contributed by atoms with Gasteiger partial charge in [0.2, 0.25) is 0 Å². The van der Waals surface area contributed by atoms with Crippen molar-refractivity contribution in [3.63, 3.8) is 0 Å². The Hall–Kier alpha value is -1.81. The molecule has 0 aromatic heterocycles. The first-order valence-corrected chi connectivity index (χ1v) is 7.94. The van der Waals surface area contributed by atoms with Crippen LogP contribution in [0.25, 0.3) is 0 Å². The summed E-state index contributed by atoms with van der Waals surface area (Å²) in [5, 5.41) is 2.35. The molecule has 3 amide bonds. The van der Waals surface area contributed by atoms with Gasteiger partial charge >= 0.3 is 12.0 Å². The molecule has 1 saturated heterocycles. The number of rotatable bonds is 5. The summed E-state index contributed by atoms with van der Waals surface area (Å²) >= 11 is 1.20. The first-order valence-electron chi connectivity index (χ1n) is 7.06. The molecule has 0 spiro atoms. The van der Waals surface area contributed by atoms with Crippen LogP contribution in [0.2, 0.25) is 0 Å². The Bertz CT molecular complexity index is 540. The van der Waals surface area contributed by atoms with Crippen molar-refractivity contribution in [1.82, 2.24) is 15.1 Å². The topological polar surface area (TPSA) is 101 Å². The second kappa shape index (κ2) is 7.18. The van der Waals surface area contributed by atoms with Crippen LogP contribution >= 0.6 is 11.8 Å². The molecule has 0 aliphatic carbocycles. The van der Waals surface area contributed by atoms with Crippen LogP contribution in [-0.2, 0) is 19.1 Å². The average molecular weight is 344 g/mol. The highest BCUT2D eigenvalue weighted by Gasteiger charge is 2.48. The number of carbonyl (C=O) groups excluding carboxylic acids is 3. The van der Waals surface area contributed by atoms with E-state index in [4.69, 9.17) is 9.47 Å². The number of urea groups is 1. The molecule has 10 heteroatoms. The fraction of sp³-hybridized carbons (Fsp3) is 0.692. The Balaban J connectivity index is 2.24. The lowest BCUT2D eigenvalue weighted by atomic mass is 10.1. The maximum absolute atomic E-state index is 12.2. The van der Waals surface area contributed by atoms with Gasteiger partial charge in [0.1, 0.15) is 5.25 Å². The zero-order chi connectivity index (χ0) is 17.1. The van der Waals surface area contributed by atoms with Gasteiger partial charge in [0.15, 0.2) is 17.4 Å². The smallest absolute Gasteiger partial charge is 0.325 e. The molecule has 2 rings (SSSR count). The number of amidine groups is 1. The molecule has 0 bridgehead atoms. The highest BCUT2D eigenvalue weighted by atomic mass is 32.2. The number of carbonyl (C=O) groups is 3. The Kier molecular flexibility index (Phi) is 5.47. The lowest BCUT2D eigenvalue weighted by Crippen LogP contribution is -2.63. The summed E-state index contributed by atoms with van der Waals surface area (Å²) in [6, 6.07) is -1.11. The monoisotopic (exact) mass is 344 g/mol. The Morgan fingerprint density at radius 1 is 1.43 bits per heavy atom. The van der Waals surface area contributed by atoms with Crippen molar-refractivity contribution in [2.24, 2.45) is 4.99 Å². The normalized spacial score (nSPS) is 25.0. The summed E-state index contributed by atoms with van der Waals surface area (Å²) in [5.74, 6) is -0.785. The Labute approximate surface area is 138 Å². The zero-order valence-corrected chi connectivity index (χ0v) is 14.3. The Morgan fingerprint density at radius 3 is 2.74 bits per heavy atom. The van der Waals surface area contributed by atoms with Crippen molar-refractivity contribution < 1.29 is 23.9 Å². The van der Waals surface area contributed by atoms with E-state index in [1.807, 2.05) is 0 Å². The number of esters is 1. The number of thioether (sulfide) groups is 1. The molecule has 1 N–H and O–H groups in total. The van der Waals surface area contributed by atoms with E-state index in [2.05, 4.69) is 10.3 Å². The number of fused-ring (bicyclic) bond motifs is 1. The van der Waals surface area contributed by atoms with E-state index in [1.54, 1.807) is 26.0 Å². The molecule has 0 radical (unpaired) electrons. The number of amides is 3. The number of aliphatic imine (C=N–C) groups is 1. The van der Waals surface area contributed by atoms with Crippen molar-refractivity contribution in [2.45, 2.75) is 24.4 Å². The predicted octanol–water partition coefficient (Wildman–Crippen LogP) is -0.525. The number of nitrogens with one attached hydrogen (secondary N) is 1. The molecule has 9 nitrogen and oxygen atoms in total. The average Bonchev–Trinajstić information content (AvgIpc) is 2.88. The summed E-state index contributed by atoms with van der Waals surface area (Å²) in [6.45, 7) is 2.51. The van der Waals surface area contributed by atoms with E-state index in [9.17, 15) is 14.4 Å². The molecule has 2 aliphatic rings. The van der Waals surface area contributed by atoms with Crippen LogP contribution in [0.4, 0.5) is 4.79 Å². The van der Waals surface area contributed by atoms with Crippen LogP contribution < -0.4 is 5.32 Å². The standard InChI is InChI=1S/C13H20N4O5S/c1-7(11(19)22-4)23-13-14-9-8(17(13)5-6-21-3)10(18)15-12(20)16(9)2/h7-9H,5-6H2,1-4H3,(H,15,18,20). The van der Waals surface area contributed by atoms with Gasteiger partial charge in [0, 0.05) is 20.7 Å². The molecule has 3 unspecified atom stereocenters. The largest absolute Gasteiger partial charge is 0.468 e. The highest BCUT2D eigenvalue weighted by molar-refractivity contribution is 8.14. The fourth-order valence-corrected chi connectivity index (χ4v) is 3.41. The SMILES string of the molecule is COCCN1C(SC(C)C(=O)OC)=NC2C1C(=O)NC(=O)N2C. The first kappa shape index (κ1) is 17.5. The summed E-state index contributed by atoms with van der Waals surface area (Å²) in [4.78, 5) is 43.2. The number of ether oxygens (including phenoxy) is 2. The maximum Gasteiger partial charge on any atom is 0.325 e. The second-order valence-electron chi connectivity index (χ2n) is 5.14. The molecule has 2 heterocycles. The molecular weight excluding hydrogens is 324 g/mol. The van der Waals surface area contributed by atoms with Crippen molar-refractivity contribution in [3.05, 3.63) is 0 Å². The fourth-order valence-electron chi connectivity index (χ4n) is 2.40. The van der Waals surface area contributed by atoms with Gasteiger partial charge in [-0.3, -0.25) is 14.9 Å². The third-order valence-corrected chi connectivity index (χ3v) is 4.77. The molecule has 3 atom stereocenters. The molecule has 0 aromatic carbocycles. The third-order valence-electron chi connectivity index (χ3n) is 3.67. The summed E-state index contributed by atoms with van der Waals surface area (Å²) in [6.07, 6.45) is -0.611. The van der Waals surface area contributed by atoms with Crippen LogP contribution in [0.1, 0.15) is 6.92 Å². The van der Waals surface area contributed by atoms with Crippen LogP contribution in [0.5, 0.6) is 0 Å². The second-order valence-corrected chi connectivity index (χ2v) is 6.45. The predicted molar refractivity (Wildman–Crippen MR) is 84.0 cm³/mol. The number of hydrogen-bond acceptors (Lipinski definition) is 8. The number of methoxy groups -OCH3 is 2. The maximum atomic E-state index is 12.2. The molecule has 23 heavy (non-hydrogen) atoms. The molecule has 1 fully saturated rings. The lowest BCUT2D eigenvalue weighted by molar-refractivity contribution is -0.139. The van der Waals surface area contributed by atoms with Gasteiger partial charge in [0.05, 0.1) is 13.7 Å². The summed E-state index contributed by atoms with van der Waals surface area (Å²) in [5.41, 5.74) is 0. The zero-order valence-electron chi connectivity index (χ0n) is 13.4. The van der Waals surface area contributed by atoms with E-state index in [0.717, 1.165) is 0 Å². The number of imide groups is 1. The van der Waals surface area contributed by atoms with Gasteiger partial charge in [-0.05, 0) is 6.92 Å². The van der Waals surface area contributed by atoms with Crippen molar-refractivity contribution >= 4 is 34.8 Å². The number of likely N-dealkylation sites (N-methyl/N-ethyl adjacent to an activating group) is 1. The van der Waals surface area contributed by atoms with Gasteiger partial charge in [-0.1, -0.05) is 11.8 Å². The van der Waals surface area contributed by atoms with Gasteiger partial charge in [-0.25, -0.2) is 9.79 Å². The minimum absolute atomic E-state index is 0.381. The molecule has 128 valence electrons. The summed E-state index contributed by atoms with van der Waals surface area (Å²) < 4.78 is 9.79. The number of nitrogens with zero attached hydrogens (tertiary/aromatic N) is 3. The van der Waals surface area contributed by atoms with Gasteiger partial charge in [0.25, 0.3) is 5.91 Å². The van der Waals surface area contributed by atoms with E-state index >= 15 is 0 Å². The first-order chi connectivity index (χ1) is 10.9. The molecular formula is C13H20N4O5S. The quantitative estimate of drug-likeness (QED) is 0.670. The molecule has 2 aliphatic heterocycles. The summed E-state index contributed by atoms with van der Waals surface area (Å²) in [7, 11) is 4.46. The van der Waals surface area contributed by atoms with Crippen LogP contribution in [-0.4, -0.2) is 84.8 Å². The van der Waals surface area contributed by atoms with Gasteiger partial charge in [-0.2, -0.15) is 0 Å². The van der Waals surface area contributed by atoms with Crippen LogP contribution in [0.15, 0.2) is 4.99 Å². The van der Waals surface area contributed by atoms with Crippen molar-refractivity contribution in [2.75, 3.05) is 34.4 Å². The molecule has 0 saturated carbocycles. The van der Waals surface area contributed by atoms with E-state index in [0.29, 0.717) is 18.3 Å². The minimum atomic E-state index is -0.625.